The third-order valence-corrected chi connectivity index (χ3v) is 11.0. The molecule has 1 aromatic heterocycles. The van der Waals surface area contributed by atoms with Gasteiger partial charge in [0.25, 0.3) is 10.2 Å². The molecule has 2 amide bonds. The van der Waals surface area contributed by atoms with Crippen LogP contribution in [-0.2, 0) is 37.4 Å². The monoisotopic (exact) mass is 706 g/mol. The summed E-state index contributed by atoms with van der Waals surface area (Å²) >= 11 is 1.20. The van der Waals surface area contributed by atoms with Crippen LogP contribution >= 0.6 is 11.3 Å². The van der Waals surface area contributed by atoms with E-state index in [1.807, 2.05) is 19.9 Å². The van der Waals surface area contributed by atoms with Gasteiger partial charge in [0.2, 0.25) is 11.8 Å². The van der Waals surface area contributed by atoms with E-state index in [0.717, 1.165) is 24.8 Å². The molecule has 0 saturated carbocycles. The number of allylic oxidation sites excluding steroid dienone is 2. The SMILES string of the molecule is CC(C)C[C@H](O)[C@H](O)[C@@H](C[C@H]1CC=CCC1)NC(=O)[C@H](Cc1csc(N)n1)NC(=O)[C@H](Cc1ccccc1)NS(=O)(=O)N1CCOCC1. The molecule has 2 aliphatic rings. The number of morpholine rings is 1. The number of nitrogen functional groups attached to an aromatic ring is 1. The molecule has 266 valence electrons. The molecule has 1 aliphatic heterocycles. The van der Waals surface area contributed by atoms with Crippen LogP contribution in [0.5, 0.6) is 0 Å². The van der Waals surface area contributed by atoms with Crippen molar-refractivity contribution in [2.45, 2.75) is 89.1 Å². The Hall–Kier alpha value is -2.92. The fourth-order valence-corrected chi connectivity index (χ4v) is 7.98. The first kappa shape index (κ1) is 37.9. The van der Waals surface area contributed by atoms with Gasteiger partial charge >= 0.3 is 0 Å². The second-order valence-corrected chi connectivity index (χ2v) is 15.6. The predicted octanol–water partition coefficient (Wildman–Crippen LogP) is 1.53. The average molecular weight is 707 g/mol. The van der Waals surface area contributed by atoms with E-state index in [1.54, 1.807) is 29.6 Å². The molecule has 4 rings (SSSR count). The molecule has 0 spiro atoms. The third-order valence-electron chi connectivity index (χ3n) is 8.63. The quantitative estimate of drug-likeness (QED) is 0.132. The standard InChI is InChI=1S/C33H50N6O7S2/c1-22(2)17-29(40)30(41)26(18-23-9-5-3-6-10-23)36-31(42)27(20-25-21-47-33(34)35-25)37-32(43)28(19-24-11-7-4-8-12-24)38-48(44,45)39-13-15-46-16-14-39/h3-5,7-8,11-12,21-23,26-30,38,40-41H,6,9-10,13-20H2,1-2H3,(H2,34,35)(H,36,42)(H,37,43)/t23-,26+,27-,28-,29-,30+/m0/s1. The number of thiazole rings is 1. The number of aliphatic hydroxyl groups excluding tert-OH is 2. The van der Waals surface area contributed by atoms with Crippen molar-refractivity contribution in [3.8, 4) is 0 Å². The lowest BCUT2D eigenvalue weighted by Crippen LogP contribution is -2.59. The summed E-state index contributed by atoms with van der Waals surface area (Å²) in [5.74, 6) is -0.976. The van der Waals surface area contributed by atoms with Crippen molar-refractivity contribution < 1.29 is 33.0 Å². The molecular formula is C33H50N6O7S2. The van der Waals surface area contributed by atoms with Crippen molar-refractivity contribution in [2.75, 3.05) is 32.0 Å². The van der Waals surface area contributed by atoms with Gasteiger partial charge in [0.1, 0.15) is 18.2 Å². The topological polar surface area (TPSA) is 196 Å². The lowest BCUT2D eigenvalue weighted by atomic mass is 9.85. The van der Waals surface area contributed by atoms with Gasteiger partial charge in [-0.1, -0.05) is 56.3 Å². The fraction of sp³-hybridized carbons (Fsp3) is 0.606. The van der Waals surface area contributed by atoms with Crippen LogP contribution in [0.1, 0.15) is 57.2 Å². The maximum Gasteiger partial charge on any atom is 0.280 e. The van der Waals surface area contributed by atoms with Crippen molar-refractivity contribution in [3.63, 3.8) is 0 Å². The number of ether oxygens (including phenoxy) is 1. The number of carbonyl (C=O) groups is 2. The van der Waals surface area contributed by atoms with Crippen molar-refractivity contribution in [1.82, 2.24) is 24.6 Å². The maximum absolute atomic E-state index is 14.1. The Morgan fingerprint density at radius 1 is 1.06 bits per heavy atom. The Kier molecular flexibility index (Phi) is 14.4. The van der Waals surface area contributed by atoms with Gasteiger partial charge in [-0.3, -0.25) is 9.59 Å². The van der Waals surface area contributed by atoms with E-state index in [2.05, 4.69) is 32.5 Å². The zero-order valence-electron chi connectivity index (χ0n) is 27.7. The lowest BCUT2D eigenvalue weighted by Gasteiger charge is -2.33. The maximum atomic E-state index is 14.1. The summed E-state index contributed by atoms with van der Waals surface area (Å²) < 4.78 is 35.8. The fourth-order valence-electron chi connectivity index (χ4n) is 6.07. The molecular weight excluding hydrogens is 657 g/mol. The van der Waals surface area contributed by atoms with E-state index in [-0.39, 0.29) is 51.0 Å². The van der Waals surface area contributed by atoms with E-state index in [0.29, 0.717) is 23.7 Å². The van der Waals surface area contributed by atoms with Gasteiger partial charge in [-0.25, -0.2) is 4.98 Å². The predicted molar refractivity (Wildman–Crippen MR) is 185 cm³/mol. The summed E-state index contributed by atoms with van der Waals surface area (Å²) in [5, 5.41) is 29.8. The Morgan fingerprint density at radius 2 is 1.77 bits per heavy atom. The minimum absolute atomic E-state index is 0.0247. The number of carbonyl (C=O) groups excluding carboxylic acids is 2. The van der Waals surface area contributed by atoms with Crippen LogP contribution in [0.3, 0.4) is 0 Å². The Morgan fingerprint density at radius 3 is 2.40 bits per heavy atom. The van der Waals surface area contributed by atoms with Gasteiger partial charge in [-0.05, 0) is 55.9 Å². The number of hydrogen-bond donors (Lipinski definition) is 6. The molecule has 15 heteroatoms. The summed E-state index contributed by atoms with van der Waals surface area (Å²) in [6.45, 7) is 4.67. The third kappa shape index (κ3) is 11.6. The van der Waals surface area contributed by atoms with Crippen molar-refractivity contribution in [3.05, 3.63) is 59.1 Å². The lowest BCUT2D eigenvalue weighted by molar-refractivity contribution is -0.131. The van der Waals surface area contributed by atoms with E-state index >= 15 is 0 Å². The number of hydrogen-bond acceptors (Lipinski definition) is 10. The first-order chi connectivity index (χ1) is 22.9. The summed E-state index contributed by atoms with van der Waals surface area (Å²) in [6, 6.07) is 5.77. The first-order valence-electron chi connectivity index (χ1n) is 16.6. The van der Waals surface area contributed by atoms with Gasteiger partial charge in [0.15, 0.2) is 5.13 Å². The van der Waals surface area contributed by atoms with Crippen LogP contribution in [0, 0.1) is 11.8 Å². The minimum atomic E-state index is -4.08. The average Bonchev–Trinajstić information content (AvgIpc) is 3.48. The number of amides is 2. The molecule has 1 aromatic carbocycles. The minimum Gasteiger partial charge on any atom is -0.390 e. The number of aromatic nitrogens is 1. The Balaban J connectivity index is 1.58. The first-order valence-corrected chi connectivity index (χ1v) is 18.9. The van der Waals surface area contributed by atoms with Crippen molar-refractivity contribution >= 4 is 38.5 Å². The summed E-state index contributed by atoms with van der Waals surface area (Å²) in [5.41, 5.74) is 7.06. The van der Waals surface area contributed by atoms with Crippen LogP contribution in [-0.4, -0.2) is 96.4 Å². The highest BCUT2D eigenvalue weighted by atomic mass is 32.2. The Labute approximate surface area is 287 Å². The van der Waals surface area contributed by atoms with E-state index < -0.39 is 52.4 Å². The molecule has 0 radical (unpaired) electrons. The van der Waals surface area contributed by atoms with Crippen LogP contribution in [0.25, 0.3) is 0 Å². The van der Waals surface area contributed by atoms with E-state index in [4.69, 9.17) is 10.5 Å². The van der Waals surface area contributed by atoms with E-state index in [1.165, 1.54) is 15.6 Å². The molecule has 6 atom stereocenters. The zero-order valence-corrected chi connectivity index (χ0v) is 29.3. The summed E-state index contributed by atoms with van der Waals surface area (Å²) in [4.78, 5) is 32.3. The molecule has 1 aliphatic carbocycles. The van der Waals surface area contributed by atoms with Gasteiger partial charge in [0.05, 0.1) is 31.1 Å². The number of benzene rings is 1. The number of aliphatic hydroxyl groups is 2. The number of anilines is 1. The van der Waals surface area contributed by atoms with E-state index in [9.17, 15) is 28.2 Å². The smallest absolute Gasteiger partial charge is 0.280 e. The van der Waals surface area contributed by atoms with Gasteiger partial charge in [0, 0.05) is 24.9 Å². The molecule has 2 aromatic rings. The number of nitrogens with two attached hydrogens (primary N) is 1. The molecule has 0 unspecified atom stereocenters. The van der Waals surface area contributed by atoms with Crippen molar-refractivity contribution in [2.24, 2.45) is 11.8 Å². The molecule has 1 fully saturated rings. The zero-order chi connectivity index (χ0) is 34.7. The van der Waals surface area contributed by atoms with Crippen molar-refractivity contribution in [1.29, 1.82) is 0 Å². The molecule has 7 N–H and O–H groups in total. The summed E-state index contributed by atoms with van der Waals surface area (Å²) in [7, 11) is -4.08. The highest BCUT2D eigenvalue weighted by molar-refractivity contribution is 7.87. The molecule has 2 heterocycles. The largest absolute Gasteiger partial charge is 0.390 e. The van der Waals surface area contributed by atoms with Gasteiger partial charge in [-0.15, -0.1) is 11.3 Å². The normalized spacial score (nSPS) is 20.5. The van der Waals surface area contributed by atoms with Crippen LogP contribution in [0.15, 0.2) is 47.9 Å². The molecule has 0 bridgehead atoms. The highest BCUT2D eigenvalue weighted by Crippen LogP contribution is 2.26. The van der Waals surface area contributed by atoms with Crippen LogP contribution in [0.4, 0.5) is 5.13 Å². The van der Waals surface area contributed by atoms with Crippen LogP contribution in [0.2, 0.25) is 0 Å². The van der Waals surface area contributed by atoms with Crippen LogP contribution < -0.4 is 21.1 Å². The second kappa shape index (κ2) is 18.2. The molecule has 48 heavy (non-hydrogen) atoms. The highest BCUT2D eigenvalue weighted by Gasteiger charge is 2.36. The Bertz CT molecular complexity index is 1450. The van der Waals surface area contributed by atoms with Gasteiger partial charge < -0.3 is 31.3 Å². The number of nitrogens with zero attached hydrogens (tertiary/aromatic N) is 2. The molecule has 1 saturated heterocycles. The number of rotatable bonds is 17. The number of nitrogens with one attached hydrogen (secondary N) is 3. The summed E-state index contributed by atoms with van der Waals surface area (Å²) in [6.07, 6.45) is 5.26. The molecule has 13 nitrogen and oxygen atoms in total. The second-order valence-electron chi connectivity index (χ2n) is 13.0. The van der Waals surface area contributed by atoms with Gasteiger partial charge in [-0.2, -0.15) is 17.4 Å².